The maximum atomic E-state index is 12.1. The SMILES string of the molecule is CCOC(=O)C1CCN(C(c2ccc(C)cc2)c2sc3nc(C)nn3c2O)CC1. The molecule has 0 bridgehead atoms. The third kappa shape index (κ3) is 3.86. The first-order valence-electron chi connectivity index (χ1n) is 10.00. The second-order valence-corrected chi connectivity index (χ2v) is 8.53. The van der Waals surface area contributed by atoms with Crippen molar-refractivity contribution in [3.05, 3.63) is 46.1 Å². The molecule has 1 aromatic carbocycles. The smallest absolute Gasteiger partial charge is 0.309 e. The van der Waals surface area contributed by atoms with Crippen LogP contribution < -0.4 is 0 Å². The van der Waals surface area contributed by atoms with Gasteiger partial charge in [0.2, 0.25) is 10.8 Å². The zero-order chi connectivity index (χ0) is 20.5. The molecule has 0 aliphatic carbocycles. The quantitative estimate of drug-likeness (QED) is 0.644. The molecule has 7 nitrogen and oxygen atoms in total. The number of carbonyl (C=O) groups is 1. The molecular formula is C21H26N4O3S. The number of esters is 1. The summed E-state index contributed by atoms with van der Waals surface area (Å²) in [5.74, 6) is 0.628. The molecule has 0 spiro atoms. The van der Waals surface area contributed by atoms with Gasteiger partial charge in [0.1, 0.15) is 5.82 Å². The van der Waals surface area contributed by atoms with Crippen LogP contribution in [-0.4, -0.2) is 50.3 Å². The molecule has 4 rings (SSSR count). The molecule has 0 amide bonds. The third-order valence-corrected chi connectivity index (χ3v) is 6.53. The maximum Gasteiger partial charge on any atom is 0.309 e. The van der Waals surface area contributed by atoms with Gasteiger partial charge >= 0.3 is 5.97 Å². The molecule has 0 saturated carbocycles. The van der Waals surface area contributed by atoms with Crippen LogP contribution in [0.4, 0.5) is 0 Å². The van der Waals surface area contributed by atoms with E-state index in [-0.39, 0.29) is 23.8 Å². The first-order chi connectivity index (χ1) is 14.0. The first kappa shape index (κ1) is 19.8. The van der Waals surface area contributed by atoms with Gasteiger partial charge < -0.3 is 9.84 Å². The van der Waals surface area contributed by atoms with E-state index in [0.29, 0.717) is 17.4 Å². The van der Waals surface area contributed by atoms with Gasteiger partial charge in [0.15, 0.2) is 0 Å². The summed E-state index contributed by atoms with van der Waals surface area (Å²) in [6.07, 6.45) is 1.50. The van der Waals surface area contributed by atoms with E-state index in [2.05, 4.69) is 46.2 Å². The summed E-state index contributed by atoms with van der Waals surface area (Å²) in [7, 11) is 0. The van der Waals surface area contributed by atoms with E-state index in [1.165, 1.54) is 21.4 Å². The minimum atomic E-state index is -0.104. The predicted octanol–water partition coefficient (Wildman–Crippen LogP) is 3.48. The van der Waals surface area contributed by atoms with Crippen LogP contribution in [-0.2, 0) is 9.53 Å². The fourth-order valence-electron chi connectivity index (χ4n) is 3.96. The zero-order valence-electron chi connectivity index (χ0n) is 17.0. The van der Waals surface area contributed by atoms with Crippen molar-refractivity contribution in [1.29, 1.82) is 0 Å². The van der Waals surface area contributed by atoms with Crippen LogP contribution >= 0.6 is 11.3 Å². The van der Waals surface area contributed by atoms with Crippen LogP contribution in [0.25, 0.3) is 4.96 Å². The molecule has 2 aromatic heterocycles. The van der Waals surface area contributed by atoms with E-state index in [4.69, 9.17) is 4.74 Å². The number of aromatic hydroxyl groups is 1. The summed E-state index contributed by atoms with van der Waals surface area (Å²) in [5.41, 5.74) is 2.30. The van der Waals surface area contributed by atoms with E-state index < -0.39 is 0 Å². The number of benzene rings is 1. The molecular weight excluding hydrogens is 388 g/mol. The standard InChI is InChI=1S/C21H26N4O3S/c1-4-28-20(27)16-9-11-24(12-10-16)17(15-7-5-13(2)6-8-15)18-19(26)25-21(29-18)22-14(3)23-25/h5-8,16-17,26H,4,9-12H2,1-3H3. The maximum absolute atomic E-state index is 12.1. The van der Waals surface area contributed by atoms with Gasteiger partial charge in [0, 0.05) is 0 Å². The Kier molecular flexibility index (Phi) is 5.56. The summed E-state index contributed by atoms with van der Waals surface area (Å²) in [6.45, 7) is 7.65. The highest BCUT2D eigenvalue weighted by Crippen LogP contribution is 2.41. The second kappa shape index (κ2) is 8.12. The lowest BCUT2D eigenvalue weighted by molar-refractivity contribution is -0.149. The lowest BCUT2D eigenvalue weighted by atomic mass is 9.93. The molecule has 8 heteroatoms. The van der Waals surface area contributed by atoms with Crippen LogP contribution in [0.15, 0.2) is 24.3 Å². The van der Waals surface area contributed by atoms with Crippen LogP contribution in [0.2, 0.25) is 0 Å². The van der Waals surface area contributed by atoms with E-state index in [1.807, 2.05) is 13.8 Å². The Labute approximate surface area is 173 Å². The number of likely N-dealkylation sites (tertiary alicyclic amines) is 1. The highest BCUT2D eigenvalue weighted by molar-refractivity contribution is 7.17. The van der Waals surface area contributed by atoms with Gasteiger partial charge in [-0.15, -0.1) is 5.10 Å². The van der Waals surface area contributed by atoms with E-state index in [1.54, 1.807) is 0 Å². The summed E-state index contributed by atoms with van der Waals surface area (Å²) in [4.78, 5) is 20.4. The molecule has 3 aromatic rings. The molecule has 1 N–H and O–H groups in total. The summed E-state index contributed by atoms with van der Waals surface area (Å²) in [6, 6.07) is 8.29. The highest BCUT2D eigenvalue weighted by atomic mass is 32.1. The Hall–Kier alpha value is -2.45. The molecule has 3 heterocycles. The number of aromatic nitrogens is 3. The molecule has 29 heavy (non-hydrogen) atoms. The largest absolute Gasteiger partial charge is 0.492 e. The minimum Gasteiger partial charge on any atom is -0.492 e. The molecule has 1 unspecified atom stereocenters. The van der Waals surface area contributed by atoms with Crippen molar-refractivity contribution in [3.8, 4) is 5.88 Å². The molecule has 1 aliphatic heterocycles. The summed E-state index contributed by atoms with van der Waals surface area (Å²) >= 11 is 1.47. The third-order valence-electron chi connectivity index (χ3n) is 5.46. The Morgan fingerprint density at radius 3 is 2.59 bits per heavy atom. The lowest BCUT2D eigenvalue weighted by Crippen LogP contribution is -2.39. The average molecular weight is 415 g/mol. The van der Waals surface area contributed by atoms with Crippen molar-refractivity contribution in [1.82, 2.24) is 19.5 Å². The Morgan fingerprint density at radius 2 is 1.97 bits per heavy atom. The normalized spacial score (nSPS) is 16.9. The van der Waals surface area contributed by atoms with Crippen LogP contribution in [0.5, 0.6) is 5.88 Å². The number of fused-ring (bicyclic) bond motifs is 1. The van der Waals surface area contributed by atoms with Gasteiger partial charge in [-0.3, -0.25) is 9.69 Å². The van der Waals surface area contributed by atoms with Crippen LogP contribution in [0, 0.1) is 19.8 Å². The molecule has 1 fully saturated rings. The number of hydrogen-bond acceptors (Lipinski definition) is 7. The number of rotatable bonds is 5. The number of carbonyl (C=O) groups excluding carboxylic acids is 1. The Bertz CT molecular complexity index is 1000. The molecule has 1 atom stereocenters. The van der Waals surface area contributed by atoms with Crippen molar-refractivity contribution in [2.24, 2.45) is 5.92 Å². The number of ether oxygens (including phenoxy) is 1. The van der Waals surface area contributed by atoms with E-state index in [0.717, 1.165) is 36.4 Å². The fourth-order valence-corrected chi connectivity index (χ4v) is 5.12. The van der Waals surface area contributed by atoms with Crippen LogP contribution in [0.3, 0.4) is 0 Å². The first-order valence-corrected chi connectivity index (χ1v) is 10.8. The second-order valence-electron chi connectivity index (χ2n) is 7.52. The number of thiazole rings is 1. The van der Waals surface area contributed by atoms with Crippen LogP contribution in [0.1, 0.15) is 47.6 Å². The minimum absolute atomic E-state index is 0.0524. The predicted molar refractivity (Wildman–Crippen MR) is 111 cm³/mol. The van der Waals surface area contributed by atoms with Gasteiger partial charge in [-0.1, -0.05) is 41.2 Å². The summed E-state index contributed by atoms with van der Waals surface area (Å²) < 4.78 is 6.72. The van der Waals surface area contributed by atoms with Crippen molar-refractivity contribution in [3.63, 3.8) is 0 Å². The summed E-state index contributed by atoms with van der Waals surface area (Å²) in [5, 5.41) is 15.2. The van der Waals surface area contributed by atoms with Gasteiger partial charge in [-0.25, -0.2) is 4.98 Å². The van der Waals surface area contributed by atoms with Gasteiger partial charge in [-0.2, -0.15) is 4.52 Å². The van der Waals surface area contributed by atoms with Crippen molar-refractivity contribution in [2.75, 3.05) is 19.7 Å². The van der Waals surface area contributed by atoms with Crippen molar-refractivity contribution in [2.45, 2.75) is 39.7 Å². The average Bonchev–Trinajstić information content (AvgIpc) is 3.22. The van der Waals surface area contributed by atoms with Crippen molar-refractivity contribution >= 4 is 22.3 Å². The molecule has 154 valence electrons. The topological polar surface area (TPSA) is 80.0 Å². The number of nitrogens with zero attached hydrogens (tertiary/aromatic N) is 4. The molecule has 1 saturated heterocycles. The van der Waals surface area contributed by atoms with E-state index >= 15 is 0 Å². The molecule has 0 radical (unpaired) electrons. The Balaban J connectivity index is 1.66. The number of piperidine rings is 1. The number of aryl methyl sites for hydroxylation is 2. The Morgan fingerprint density at radius 1 is 1.28 bits per heavy atom. The van der Waals surface area contributed by atoms with Gasteiger partial charge in [0.05, 0.1) is 23.4 Å². The number of hydrogen-bond donors (Lipinski definition) is 1. The van der Waals surface area contributed by atoms with Gasteiger partial charge in [-0.05, 0) is 52.3 Å². The highest BCUT2D eigenvalue weighted by Gasteiger charge is 2.34. The monoisotopic (exact) mass is 414 g/mol. The van der Waals surface area contributed by atoms with Crippen molar-refractivity contribution < 1.29 is 14.6 Å². The molecule has 1 aliphatic rings. The fraction of sp³-hybridized carbons (Fsp3) is 0.476. The lowest BCUT2D eigenvalue weighted by Gasteiger charge is -2.36. The zero-order valence-corrected chi connectivity index (χ0v) is 17.8. The van der Waals surface area contributed by atoms with Gasteiger partial charge in [0.25, 0.3) is 0 Å². The van der Waals surface area contributed by atoms with E-state index in [9.17, 15) is 9.90 Å².